The smallest absolute Gasteiger partial charge is 0.289 e. The molecule has 0 N–H and O–H groups in total. The zero-order chi connectivity index (χ0) is 22.0. The lowest BCUT2D eigenvalue weighted by molar-refractivity contribution is -0.138. The second-order valence-corrected chi connectivity index (χ2v) is 9.69. The highest BCUT2D eigenvalue weighted by Gasteiger charge is 2.36. The summed E-state index contributed by atoms with van der Waals surface area (Å²) in [5.41, 5.74) is 0. The number of hydrogen-bond acceptors (Lipinski definition) is 5. The molecule has 0 saturated carbocycles. The predicted molar refractivity (Wildman–Crippen MR) is 109 cm³/mol. The van der Waals surface area contributed by atoms with Crippen LogP contribution in [0.5, 0.6) is 0 Å². The molecule has 166 valence electrons. The SMILES string of the molecule is O=C(c1ccco1)N1CCN(C(=O)[C@H]2CCCN(S(=O)(=O)c3ccc(F)cc3)C2)CC1. The minimum atomic E-state index is -3.79. The van der Waals surface area contributed by atoms with Crippen LogP contribution in [0.15, 0.2) is 52.0 Å². The Morgan fingerprint density at radius 2 is 1.65 bits per heavy atom. The number of hydrogen-bond donors (Lipinski definition) is 0. The number of nitrogens with zero attached hydrogens (tertiary/aromatic N) is 3. The summed E-state index contributed by atoms with van der Waals surface area (Å²) in [6.07, 6.45) is 2.63. The number of carbonyl (C=O) groups excluding carboxylic acids is 2. The molecular formula is C21H24FN3O5S. The number of carbonyl (C=O) groups is 2. The predicted octanol–water partition coefficient (Wildman–Crippen LogP) is 1.80. The molecule has 10 heteroatoms. The average Bonchev–Trinajstić information content (AvgIpc) is 3.34. The molecule has 0 aliphatic carbocycles. The van der Waals surface area contributed by atoms with E-state index in [0.717, 1.165) is 12.1 Å². The Morgan fingerprint density at radius 1 is 0.968 bits per heavy atom. The number of halogens is 1. The number of benzene rings is 1. The Kier molecular flexibility index (Phi) is 6.10. The molecular weight excluding hydrogens is 425 g/mol. The third-order valence-electron chi connectivity index (χ3n) is 5.80. The Labute approximate surface area is 180 Å². The van der Waals surface area contributed by atoms with Crippen LogP contribution in [0.3, 0.4) is 0 Å². The van der Waals surface area contributed by atoms with Crippen LogP contribution in [0, 0.1) is 11.7 Å². The van der Waals surface area contributed by atoms with Gasteiger partial charge < -0.3 is 14.2 Å². The van der Waals surface area contributed by atoms with Crippen molar-refractivity contribution in [2.45, 2.75) is 17.7 Å². The van der Waals surface area contributed by atoms with E-state index in [9.17, 15) is 22.4 Å². The summed E-state index contributed by atoms with van der Waals surface area (Å²) in [7, 11) is -3.79. The summed E-state index contributed by atoms with van der Waals surface area (Å²) in [6.45, 7) is 2.02. The normalized spacial score (nSPS) is 20.6. The van der Waals surface area contributed by atoms with Gasteiger partial charge in [0.25, 0.3) is 5.91 Å². The minimum absolute atomic E-state index is 0.0204. The summed E-state index contributed by atoms with van der Waals surface area (Å²) in [6, 6.07) is 7.97. The summed E-state index contributed by atoms with van der Waals surface area (Å²) >= 11 is 0. The molecule has 1 aromatic heterocycles. The molecule has 2 aliphatic heterocycles. The van der Waals surface area contributed by atoms with Gasteiger partial charge in [0, 0.05) is 39.3 Å². The van der Waals surface area contributed by atoms with Gasteiger partial charge in [0.2, 0.25) is 15.9 Å². The fourth-order valence-electron chi connectivity index (χ4n) is 4.06. The van der Waals surface area contributed by atoms with Gasteiger partial charge in [-0.2, -0.15) is 4.31 Å². The number of sulfonamides is 1. The highest BCUT2D eigenvalue weighted by molar-refractivity contribution is 7.89. The van der Waals surface area contributed by atoms with Crippen LogP contribution >= 0.6 is 0 Å². The monoisotopic (exact) mass is 449 g/mol. The average molecular weight is 450 g/mol. The third-order valence-corrected chi connectivity index (χ3v) is 7.67. The van der Waals surface area contributed by atoms with Gasteiger partial charge in [0.1, 0.15) is 5.82 Å². The van der Waals surface area contributed by atoms with Crippen LogP contribution in [0.25, 0.3) is 0 Å². The van der Waals surface area contributed by atoms with Crippen molar-refractivity contribution >= 4 is 21.8 Å². The molecule has 2 amide bonds. The molecule has 2 fully saturated rings. The lowest BCUT2D eigenvalue weighted by Gasteiger charge is -2.38. The van der Waals surface area contributed by atoms with Crippen molar-refractivity contribution in [3.05, 3.63) is 54.2 Å². The van der Waals surface area contributed by atoms with Gasteiger partial charge in [-0.15, -0.1) is 0 Å². The number of piperazine rings is 1. The van der Waals surface area contributed by atoms with Crippen LogP contribution in [0.2, 0.25) is 0 Å². The van der Waals surface area contributed by atoms with Crippen LogP contribution in [-0.4, -0.2) is 73.6 Å². The molecule has 2 aliphatic rings. The van der Waals surface area contributed by atoms with Gasteiger partial charge >= 0.3 is 0 Å². The molecule has 2 aromatic rings. The first-order valence-electron chi connectivity index (χ1n) is 10.2. The fraction of sp³-hybridized carbons (Fsp3) is 0.429. The molecule has 4 rings (SSSR count). The van der Waals surface area contributed by atoms with Crippen molar-refractivity contribution in [1.82, 2.24) is 14.1 Å². The standard InChI is InChI=1S/C21H24FN3O5S/c22-17-5-7-18(8-6-17)31(28,29)25-9-1-3-16(15-25)20(26)23-10-12-24(13-11-23)21(27)19-4-2-14-30-19/h2,4-8,14,16H,1,3,9-13,15H2/t16-/m0/s1. The highest BCUT2D eigenvalue weighted by Crippen LogP contribution is 2.25. The van der Waals surface area contributed by atoms with E-state index in [0.29, 0.717) is 45.6 Å². The van der Waals surface area contributed by atoms with Crippen LogP contribution < -0.4 is 0 Å². The van der Waals surface area contributed by atoms with Gasteiger partial charge in [-0.05, 0) is 49.2 Å². The number of piperidine rings is 1. The molecule has 1 atom stereocenters. The van der Waals surface area contributed by atoms with Crippen molar-refractivity contribution in [3.63, 3.8) is 0 Å². The van der Waals surface area contributed by atoms with E-state index in [1.165, 1.54) is 22.7 Å². The second kappa shape index (κ2) is 8.80. The molecule has 2 saturated heterocycles. The Bertz CT molecular complexity index is 1030. The third kappa shape index (κ3) is 4.49. The molecule has 0 unspecified atom stereocenters. The van der Waals surface area contributed by atoms with Gasteiger partial charge in [-0.1, -0.05) is 0 Å². The van der Waals surface area contributed by atoms with Gasteiger partial charge in [-0.3, -0.25) is 9.59 Å². The maximum Gasteiger partial charge on any atom is 0.289 e. The first-order valence-corrected chi connectivity index (χ1v) is 11.7. The quantitative estimate of drug-likeness (QED) is 0.710. The van der Waals surface area contributed by atoms with Crippen LogP contribution in [0.4, 0.5) is 4.39 Å². The Morgan fingerprint density at radius 3 is 2.29 bits per heavy atom. The summed E-state index contributed by atoms with van der Waals surface area (Å²) in [5.74, 6) is -0.962. The van der Waals surface area contributed by atoms with E-state index in [1.54, 1.807) is 21.9 Å². The van der Waals surface area contributed by atoms with E-state index in [2.05, 4.69) is 0 Å². The highest BCUT2D eigenvalue weighted by atomic mass is 32.2. The van der Waals surface area contributed by atoms with Crippen molar-refractivity contribution < 1.29 is 26.8 Å². The first-order chi connectivity index (χ1) is 14.9. The lowest BCUT2D eigenvalue weighted by atomic mass is 9.97. The van der Waals surface area contributed by atoms with Crippen molar-refractivity contribution in [2.75, 3.05) is 39.3 Å². The topological polar surface area (TPSA) is 91.1 Å². The summed E-state index contributed by atoms with van der Waals surface area (Å²) < 4.78 is 45.4. The fourth-order valence-corrected chi connectivity index (χ4v) is 5.59. The van der Waals surface area contributed by atoms with Crippen molar-refractivity contribution in [2.24, 2.45) is 5.92 Å². The van der Waals surface area contributed by atoms with Crippen LogP contribution in [0.1, 0.15) is 23.4 Å². The maximum absolute atomic E-state index is 13.2. The zero-order valence-corrected chi connectivity index (χ0v) is 17.8. The Hall–Kier alpha value is -2.72. The van der Waals surface area contributed by atoms with Crippen LogP contribution in [-0.2, 0) is 14.8 Å². The molecule has 8 nitrogen and oxygen atoms in total. The molecule has 1 aromatic carbocycles. The van der Waals surface area contributed by atoms with Gasteiger partial charge in [0.15, 0.2) is 5.76 Å². The zero-order valence-electron chi connectivity index (χ0n) is 16.9. The lowest BCUT2D eigenvalue weighted by Crippen LogP contribution is -2.54. The number of furan rings is 1. The van der Waals surface area contributed by atoms with E-state index >= 15 is 0 Å². The minimum Gasteiger partial charge on any atom is -0.459 e. The van der Waals surface area contributed by atoms with E-state index in [1.807, 2.05) is 0 Å². The molecule has 3 heterocycles. The molecule has 0 spiro atoms. The Balaban J connectivity index is 1.37. The van der Waals surface area contributed by atoms with Crippen molar-refractivity contribution in [3.8, 4) is 0 Å². The number of amides is 2. The largest absolute Gasteiger partial charge is 0.459 e. The van der Waals surface area contributed by atoms with E-state index in [4.69, 9.17) is 4.42 Å². The molecule has 0 radical (unpaired) electrons. The second-order valence-electron chi connectivity index (χ2n) is 7.75. The van der Waals surface area contributed by atoms with Gasteiger partial charge in [-0.25, -0.2) is 12.8 Å². The molecule has 31 heavy (non-hydrogen) atoms. The van der Waals surface area contributed by atoms with Gasteiger partial charge in [0.05, 0.1) is 17.1 Å². The number of rotatable bonds is 4. The summed E-state index contributed by atoms with van der Waals surface area (Å²) in [4.78, 5) is 28.8. The first kappa shape index (κ1) is 21.5. The maximum atomic E-state index is 13.2. The van der Waals surface area contributed by atoms with E-state index < -0.39 is 21.8 Å². The van der Waals surface area contributed by atoms with Crippen molar-refractivity contribution in [1.29, 1.82) is 0 Å². The summed E-state index contributed by atoms with van der Waals surface area (Å²) in [5, 5.41) is 0. The molecule has 0 bridgehead atoms. The van der Waals surface area contributed by atoms with E-state index in [-0.39, 0.29) is 29.0 Å².